The number of carbonyl (C=O) groups excluding carboxylic acids is 1. The molecule has 0 unspecified atom stereocenters. The second-order valence-electron chi connectivity index (χ2n) is 4.78. The Bertz CT molecular complexity index is 559. The van der Waals surface area contributed by atoms with Crippen molar-refractivity contribution in [1.29, 1.82) is 0 Å². The normalized spacial score (nSPS) is 17.4. The molecule has 0 saturated carbocycles. The molecular weight excluding hydrogens is 294 g/mol. The molecule has 7 heteroatoms. The fourth-order valence-corrected chi connectivity index (χ4v) is 2.31. The minimum Gasteiger partial charge on any atom is -0.383 e. The van der Waals surface area contributed by atoms with Crippen molar-refractivity contribution in [2.24, 2.45) is 0 Å². The van der Waals surface area contributed by atoms with Gasteiger partial charge in [-0.2, -0.15) is 0 Å². The molecule has 2 N–H and O–H groups in total. The molecule has 6 nitrogen and oxygen atoms in total. The first-order valence-electron chi connectivity index (χ1n) is 6.76. The molecule has 1 heterocycles. The zero-order valence-electron chi connectivity index (χ0n) is 11.4. The van der Waals surface area contributed by atoms with E-state index in [2.05, 4.69) is 10.6 Å². The van der Waals surface area contributed by atoms with Gasteiger partial charge >= 0.3 is 11.6 Å². The summed E-state index contributed by atoms with van der Waals surface area (Å²) in [4.78, 5) is 22.8. The van der Waals surface area contributed by atoms with E-state index < -0.39 is 16.5 Å². The Labute approximate surface area is 127 Å². The maximum atomic E-state index is 12.2. The van der Waals surface area contributed by atoms with Crippen molar-refractivity contribution in [2.45, 2.75) is 25.7 Å². The molecule has 0 aromatic heterocycles. The Morgan fingerprint density at radius 3 is 2.62 bits per heavy atom. The maximum Gasteiger partial charge on any atom is 0.352 e. The van der Waals surface area contributed by atoms with Crippen molar-refractivity contribution in [2.75, 3.05) is 11.9 Å². The van der Waals surface area contributed by atoms with Gasteiger partial charge in [-0.3, -0.25) is 14.9 Å². The molecule has 1 aromatic rings. The molecule has 112 valence electrons. The highest BCUT2D eigenvalue weighted by molar-refractivity contribution is 6.30. The van der Waals surface area contributed by atoms with Gasteiger partial charge in [0, 0.05) is 17.3 Å². The highest BCUT2D eigenvalue weighted by Gasteiger charge is 2.28. The molecule has 0 atom stereocenters. The number of hydrogen-bond acceptors (Lipinski definition) is 4. The van der Waals surface area contributed by atoms with Gasteiger partial charge in [-0.1, -0.05) is 18.0 Å². The third-order valence-electron chi connectivity index (χ3n) is 3.23. The SMILES string of the molecule is O=C(Nc1ccc(Cl)cc1)/C(=C1/CCCCCN1)[N+](=O)[O-]. The average molecular weight is 310 g/mol. The molecule has 0 spiro atoms. The van der Waals surface area contributed by atoms with Crippen LogP contribution in [0.15, 0.2) is 35.7 Å². The van der Waals surface area contributed by atoms with E-state index in [9.17, 15) is 14.9 Å². The minimum absolute atomic E-state index is 0.406. The summed E-state index contributed by atoms with van der Waals surface area (Å²) in [6, 6.07) is 6.42. The summed E-state index contributed by atoms with van der Waals surface area (Å²) >= 11 is 5.76. The molecule has 1 aromatic carbocycles. The summed E-state index contributed by atoms with van der Waals surface area (Å²) in [7, 11) is 0. The maximum absolute atomic E-state index is 12.2. The predicted octanol–water partition coefficient (Wildman–Crippen LogP) is 2.93. The van der Waals surface area contributed by atoms with Crippen LogP contribution in [0.5, 0.6) is 0 Å². The van der Waals surface area contributed by atoms with Gasteiger partial charge in [-0.25, -0.2) is 0 Å². The minimum atomic E-state index is -0.716. The third-order valence-corrected chi connectivity index (χ3v) is 3.48. The van der Waals surface area contributed by atoms with E-state index in [0.717, 1.165) is 19.3 Å². The van der Waals surface area contributed by atoms with Crippen LogP contribution >= 0.6 is 11.6 Å². The fraction of sp³-hybridized carbons (Fsp3) is 0.357. The van der Waals surface area contributed by atoms with Gasteiger partial charge < -0.3 is 10.6 Å². The van der Waals surface area contributed by atoms with Crippen molar-refractivity contribution in [3.8, 4) is 0 Å². The lowest BCUT2D eigenvalue weighted by Crippen LogP contribution is -2.26. The first kappa shape index (κ1) is 15.3. The number of halogens is 1. The van der Waals surface area contributed by atoms with Crippen LogP contribution in [-0.4, -0.2) is 17.4 Å². The van der Waals surface area contributed by atoms with E-state index in [4.69, 9.17) is 11.6 Å². The second-order valence-corrected chi connectivity index (χ2v) is 5.22. The molecule has 0 aliphatic carbocycles. The van der Waals surface area contributed by atoms with Crippen LogP contribution in [0.1, 0.15) is 25.7 Å². The van der Waals surface area contributed by atoms with Crippen LogP contribution in [-0.2, 0) is 4.79 Å². The highest BCUT2D eigenvalue weighted by Crippen LogP contribution is 2.18. The number of nitrogens with zero attached hydrogens (tertiary/aromatic N) is 1. The quantitative estimate of drug-likeness (QED) is 0.511. The van der Waals surface area contributed by atoms with Crippen LogP contribution in [0.25, 0.3) is 0 Å². The van der Waals surface area contributed by atoms with Gasteiger partial charge in [0.05, 0.1) is 10.6 Å². The first-order valence-corrected chi connectivity index (χ1v) is 7.14. The van der Waals surface area contributed by atoms with Crippen LogP contribution in [0.3, 0.4) is 0 Å². The third kappa shape index (κ3) is 4.19. The number of nitrogens with one attached hydrogen (secondary N) is 2. The van der Waals surface area contributed by atoms with Crippen molar-refractivity contribution < 1.29 is 9.72 Å². The topological polar surface area (TPSA) is 84.3 Å². The highest BCUT2D eigenvalue weighted by atomic mass is 35.5. The molecule has 1 aliphatic heterocycles. The summed E-state index contributed by atoms with van der Waals surface area (Å²) in [6.45, 7) is 0.654. The zero-order chi connectivity index (χ0) is 15.2. The van der Waals surface area contributed by atoms with Crippen LogP contribution in [0.2, 0.25) is 5.02 Å². The Morgan fingerprint density at radius 2 is 1.95 bits per heavy atom. The molecule has 2 rings (SSSR count). The van der Waals surface area contributed by atoms with Gasteiger partial charge in [0.15, 0.2) is 0 Å². The van der Waals surface area contributed by atoms with E-state index in [-0.39, 0.29) is 0 Å². The molecule has 1 aliphatic rings. The summed E-state index contributed by atoms with van der Waals surface area (Å²) in [6.07, 6.45) is 3.31. The largest absolute Gasteiger partial charge is 0.383 e. The van der Waals surface area contributed by atoms with Gasteiger partial charge in [-0.05, 0) is 43.5 Å². The number of benzene rings is 1. The summed E-state index contributed by atoms with van der Waals surface area (Å²) in [5.74, 6) is -0.716. The second kappa shape index (κ2) is 7.08. The predicted molar refractivity (Wildman–Crippen MR) is 80.6 cm³/mol. The molecule has 21 heavy (non-hydrogen) atoms. The Balaban J connectivity index is 2.21. The number of allylic oxidation sites excluding steroid dienone is 1. The smallest absolute Gasteiger partial charge is 0.352 e. The van der Waals surface area contributed by atoms with E-state index in [1.807, 2.05) is 0 Å². The molecule has 0 radical (unpaired) electrons. The van der Waals surface area contributed by atoms with E-state index >= 15 is 0 Å². The van der Waals surface area contributed by atoms with Crippen molar-refractivity contribution in [1.82, 2.24) is 5.32 Å². The van der Waals surface area contributed by atoms with Gasteiger partial charge in [0.2, 0.25) is 0 Å². The van der Waals surface area contributed by atoms with Crippen LogP contribution in [0.4, 0.5) is 5.69 Å². The summed E-state index contributed by atoms with van der Waals surface area (Å²) < 4.78 is 0. The van der Waals surface area contributed by atoms with Crippen LogP contribution < -0.4 is 10.6 Å². The summed E-state index contributed by atoms with van der Waals surface area (Å²) in [5.41, 5.74) is 0.466. The lowest BCUT2D eigenvalue weighted by Gasteiger charge is -2.09. The fourth-order valence-electron chi connectivity index (χ4n) is 2.19. The lowest BCUT2D eigenvalue weighted by molar-refractivity contribution is -0.420. The van der Waals surface area contributed by atoms with Crippen molar-refractivity contribution in [3.05, 3.63) is 50.8 Å². The number of rotatable bonds is 3. The first-order chi connectivity index (χ1) is 10.1. The number of anilines is 1. The monoisotopic (exact) mass is 309 g/mol. The zero-order valence-corrected chi connectivity index (χ0v) is 12.2. The lowest BCUT2D eigenvalue weighted by atomic mass is 10.1. The molecule has 1 fully saturated rings. The van der Waals surface area contributed by atoms with Gasteiger partial charge in [0.25, 0.3) is 0 Å². The van der Waals surface area contributed by atoms with Gasteiger partial charge in [0.1, 0.15) is 0 Å². The molecular formula is C14H16ClN3O3. The summed E-state index contributed by atoms with van der Waals surface area (Å²) in [5, 5.41) is 17.3. The molecule has 1 saturated heterocycles. The Hall–Kier alpha value is -2.08. The molecule has 0 bridgehead atoms. The van der Waals surface area contributed by atoms with Crippen molar-refractivity contribution >= 4 is 23.2 Å². The van der Waals surface area contributed by atoms with E-state index in [1.165, 1.54) is 0 Å². The van der Waals surface area contributed by atoms with Crippen LogP contribution in [0, 0.1) is 10.1 Å². The average Bonchev–Trinajstić information content (AvgIpc) is 2.70. The Morgan fingerprint density at radius 1 is 1.24 bits per heavy atom. The molecule has 1 amide bonds. The number of carbonyl (C=O) groups is 1. The van der Waals surface area contributed by atoms with Crippen molar-refractivity contribution in [3.63, 3.8) is 0 Å². The van der Waals surface area contributed by atoms with Gasteiger partial charge in [-0.15, -0.1) is 0 Å². The number of nitro groups is 1. The number of amides is 1. The van der Waals surface area contributed by atoms with E-state index in [1.54, 1.807) is 24.3 Å². The Kier molecular flexibility index (Phi) is 5.16. The number of hydrogen-bond donors (Lipinski definition) is 2. The van der Waals surface area contributed by atoms with E-state index in [0.29, 0.717) is 29.4 Å². The standard InChI is InChI=1S/C14H16ClN3O3/c15-10-5-7-11(8-6-10)17-14(19)13(18(20)21)12-4-2-1-3-9-16-12/h5-8,16H,1-4,9H2,(H,17,19)/b13-12+.